The maximum Gasteiger partial charge on any atom is 0.320 e. The van der Waals surface area contributed by atoms with Crippen molar-refractivity contribution < 1.29 is 28.7 Å². The lowest BCUT2D eigenvalue weighted by atomic mass is 9.71. The number of carbonyl (C=O) groups excluding carboxylic acids is 4. The molecule has 0 unspecified atom stereocenters. The van der Waals surface area contributed by atoms with Crippen molar-refractivity contribution in [3.63, 3.8) is 0 Å². The molecule has 54 heavy (non-hydrogen) atoms. The number of ether oxygens (including phenoxy) is 2. The zero-order chi connectivity index (χ0) is 40.6. The maximum atomic E-state index is 13.0. The Hall–Kier alpha value is -4.66. The molecule has 0 aromatic rings. The Labute approximate surface area is 324 Å². The second-order valence-electron chi connectivity index (χ2n) is 15.4. The molecule has 8 heteroatoms. The van der Waals surface area contributed by atoms with Crippen LogP contribution in [0.5, 0.6) is 0 Å². The predicted molar refractivity (Wildman–Crippen MR) is 221 cm³/mol. The number of rotatable bonds is 16. The van der Waals surface area contributed by atoms with Crippen LogP contribution in [-0.2, 0) is 28.7 Å². The zero-order valence-electron chi connectivity index (χ0n) is 34.5. The van der Waals surface area contributed by atoms with Crippen LogP contribution in [0.25, 0.3) is 0 Å². The number of esters is 2. The molecule has 2 aliphatic rings. The molecule has 0 aromatic heterocycles. The first kappa shape index (κ1) is 45.5. The van der Waals surface area contributed by atoms with E-state index >= 15 is 0 Å². The quantitative estimate of drug-likeness (QED) is 0.120. The molecule has 0 saturated heterocycles. The van der Waals surface area contributed by atoms with Gasteiger partial charge in [0.05, 0.1) is 13.1 Å². The number of likely N-dealkylation sites (N-methyl/N-ethyl adjacent to an activating group) is 2. The van der Waals surface area contributed by atoms with Gasteiger partial charge < -0.3 is 20.1 Å². The molecule has 0 aromatic carbocycles. The zero-order valence-corrected chi connectivity index (χ0v) is 34.5. The van der Waals surface area contributed by atoms with Crippen LogP contribution in [0.4, 0.5) is 0 Å². The van der Waals surface area contributed by atoms with E-state index in [0.717, 1.165) is 33.4 Å². The molecule has 0 spiro atoms. The molecule has 0 saturated carbocycles. The van der Waals surface area contributed by atoms with Crippen molar-refractivity contribution in [3.8, 4) is 0 Å². The molecule has 2 N–H and O–H groups in total. The topological polar surface area (TPSA) is 111 Å². The van der Waals surface area contributed by atoms with Crippen LogP contribution in [-0.4, -0.2) is 62.9 Å². The molecule has 2 rings (SSSR count). The van der Waals surface area contributed by atoms with Crippen molar-refractivity contribution in [2.75, 3.05) is 27.2 Å². The summed E-state index contributed by atoms with van der Waals surface area (Å²) >= 11 is 0. The minimum absolute atomic E-state index is 0.0722. The Morgan fingerprint density at radius 3 is 1.24 bits per heavy atom. The molecule has 0 heterocycles. The summed E-state index contributed by atoms with van der Waals surface area (Å²) in [6.07, 6.45) is 27.7. The molecule has 0 fully saturated rings. The van der Waals surface area contributed by atoms with Crippen molar-refractivity contribution in [1.29, 1.82) is 0 Å². The summed E-state index contributed by atoms with van der Waals surface area (Å²) in [5.41, 5.74) is 6.83. The number of Topliss-reactive ketones (excluding diaryl/α,β-unsaturated/α-hetero) is 2. The Bertz CT molecular complexity index is 1640. The van der Waals surface area contributed by atoms with E-state index in [2.05, 4.69) is 38.3 Å². The van der Waals surface area contributed by atoms with E-state index in [-0.39, 0.29) is 35.5 Å². The molecular weight excluding hydrogens is 677 g/mol. The lowest BCUT2D eigenvalue weighted by Gasteiger charge is -2.36. The van der Waals surface area contributed by atoms with E-state index in [9.17, 15) is 19.2 Å². The number of ketones is 2. The highest BCUT2D eigenvalue weighted by Crippen LogP contribution is 2.42. The van der Waals surface area contributed by atoms with Gasteiger partial charge >= 0.3 is 11.9 Å². The molecular formula is C46H62N2O6. The van der Waals surface area contributed by atoms with Gasteiger partial charge in [-0.25, -0.2) is 0 Å². The summed E-state index contributed by atoms with van der Waals surface area (Å²) in [6.45, 7) is 20.2. The largest absolute Gasteiger partial charge is 0.453 e. The van der Waals surface area contributed by atoms with E-state index in [1.54, 1.807) is 14.1 Å². The van der Waals surface area contributed by atoms with Crippen molar-refractivity contribution >= 4 is 23.5 Å². The summed E-state index contributed by atoms with van der Waals surface area (Å²) < 4.78 is 10.9. The van der Waals surface area contributed by atoms with Gasteiger partial charge in [0, 0.05) is 12.8 Å². The minimum Gasteiger partial charge on any atom is -0.453 e. The summed E-state index contributed by atoms with van der Waals surface area (Å²) in [7, 11) is 3.33. The number of allylic oxidation sites excluding steroid dienone is 20. The molecule has 0 radical (unpaired) electrons. The van der Waals surface area contributed by atoms with E-state index in [1.807, 2.05) is 127 Å². The molecule has 292 valence electrons. The monoisotopic (exact) mass is 738 g/mol. The minimum atomic E-state index is -0.754. The van der Waals surface area contributed by atoms with Gasteiger partial charge in [0.25, 0.3) is 0 Å². The van der Waals surface area contributed by atoms with E-state index < -0.39 is 24.1 Å². The highest BCUT2D eigenvalue weighted by atomic mass is 16.6. The first-order chi connectivity index (χ1) is 25.3. The van der Waals surface area contributed by atoms with Gasteiger partial charge in [-0.3, -0.25) is 19.2 Å². The third kappa shape index (κ3) is 14.3. The van der Waals surface area contributed by atoms with E-state index in [4.69, 9.17) is 9.47 Å². The first-order valence-corrected chi connectivity index (χ1v) is 18.6. The Morgan fingerprint density at radius 1 is 0.593 bits per heavy atom. The van der Waals surface area contributed by atoms with Crippen molar-refractivity contribution in [2.45, 2.75) is 94.3 Å². The molecule has 8 nitrogen and oxygen atoms in total. The van der Waals surface area contributed by atoms with Crippen LogP contribution in [0.3, 0.4) is 0 Å². The summed E-state index contributed by atoms with van der Waals surface area (Å²) in [5, 5.41) is 5.52. The number of carbonyl (C=O) groups is 4. The molecule has 2 aliphatic carbocycles. The van der Waals surface area contributed by atoms with Crippen LogP contribution in [0.1, 0.15) is 82.1 Å². The first-order valence-electron chi connectivity index (χ1n) is 18.6. The second-order valence-corrected chi connectivity index (χ2v) is 15.4. The average Bonchev–Trinajstić information content (AvgIpc) is 3.07. The fourth-order valence-corrected chi connectivity index (χ4v) is 6.45. The average molecular weight is 739 g/mol. The molecule has 0 aliphatic heterocycles. The third-order valence-electron chi connectivity index (χ3n) is 9.46. The highest BCUT2D eigenvalue weighted by Gasteiger charge is 2.41. The SMILES string of the molecule is CNCC(=O)O[C@H]1CC(C)(C)C(/C=C/C(C)=C/C=C/C(C)=C/C=C/C=C(C)/C=C/C=C(C)/C=C/C2=C(C)C(=O)[C@@H](OC(=O)CNC)CC2(C)C)=C(C)C1=O. The normalized spacial score (nSPS) is 21.9. The predicted octanol–water partition coefficient (Wildman–Crippen LogP) is 8.45. The van der Waals surface area contributed by atoms with Crippen LogP contribution in [0.15, 0.2) is 130 Å². The fraction of sp³-hybridized carbons (Fsp3) is 0.435. The van der Waals surface area contributed by atoms with Gasteiger partial charge in [-0.15, -0.1) is 0 Å². The molecule has 2 atom stereocenters. The van der Waals surface area contributed by atoms with Crippen LogP contribution in [0.2, 0.25) is 0 Å². The summed E-state index contributed by atoms with van der Waals surface area (Å²) in [6, 6.07) is 0. The summed E-state index contributed by atoms with van der Waals surface area (Å²) in [5.74, 6) is -1.13. The van der Waals surface area contributed by atoms with Gasteiger partial charge in [-0.05, 0) is 88.8 Å². The second kappa shape index (κ2) is 21.3. The smallest absolute Gasteiger partial charge is 0.320 e. The van der Waals surface area contributed by atoms with Gasteiger partial charge in [0.2, 0.25) is 0 Å². The Morgan fingerprint density at radius 2 is 0.907 bits per heavy atom. The third-order valence-corrected chi connectivity index (χ3v) is 9.46. The van der Waals surface area contributed by atoms with Gasteiger partial charge in [-0.2, -0.15) is 0 Å². The van der Waals surface area contributed by atoms with Gasteiger partial charge in [0.15, 0.2) is 23.8 Å². The van der Waals surface area contributed by atoms with E-state index in [1.165, 1.54) is 0 Å². The lowest BCUT2D eigenvalue weighted by Crippen LogP contribution is -2.40. The van der Waals surface area contributed by atoms with Crippen LogP contribution in [0, 0.1) is 10.8 Å². The Kier molecular flexibility index (Phi) is 17.9. The van der Waals surface area contributed by atoms with Crippen LogP contribution < -0.4 is 10.6 Å². The fourth-order valence-electron chi connectivity index (χ4n) is 6.45. The van der Waals surface area contributed by atoms with Crippen molar-refractivity contribution in [2.24, 2.45) is 10.8 Å². The van der Waals surface area contributed by atoms with Crippen molar-refractivity contribution in [1.82, 2.24) is 10.6 Å². The standard InChI is InChI=1S/C46H62N2O6/c1-31(19-15-21-33(3)23-25-37-35(5)43(51)39(27-45(37,7)8)53-41(49)29-47-11)17-13-14-18-32(2)20-16-22-34(4)24-26-38-36(6)44(52)40(28-46(38,9)10)54-42(50)30-48-12/h13-26,39-40,47-48H,27-30H2,1-12H3/b14-13+,19-15+,20-16+,25-23+,26-24+,31-17+,32-18+,33-21+,34-22+/t39-,40-/m0/s1. The maximum absolute atomic E-state index is 13.0. The van der Waals surface area contributed by atoms with Gasteiger partial charge in [0.1, 0.15) is 0 Å². The van der Waals surface area contributed by atoms with Crippen LogP contribution >= 0.6 is 0 Å². The lowest BCUT2D eigenvalue weighted by molar-refractivity contribution is -0.155. The summed E-state index contributed by atoms with van der Waals surface area (Å²) in [4.78, 5) is 49.8. The number of nitrogens with one attached hydrogen (secondary N) is 2. The number of hydrogen-bond acceptors (Lipinski definition) is 8. The highest BCUT2D eigenvalue weighted by molar-refractivity contribution is 6.02. The number of hydrogen-bond donors (Lipinski definition) is 2. The molecule has 0 bridgehead atoms. The van der Waals surface area contributed by atoms with Crippen molar-refractivity contribution in [3.05, 3.63) is 130 Å². The van der Waals surface area contributed by atoms with Gasteiger partial charge in [-0.1, -0.05) is 135 Å². The van der Waals surface area contributed by atoms with E-state index in [0.29, 0.717) is 24.0 Å². The Balaban J connectivity index is 1.98. The molecule has 0 amide bonds.